The molecular formula is C23H33N7O2S. The molecule has 1 unspecified atom stereocenters. The van der Waals surface area contributed by atoms with Gasteiger partial charge in [-0.15, -0.1) is 11.3 Å². The summed E-state index contributed by atoms with van der Waals surface area (Å²) in [5, 5.41) is 4.14. The molecule has 0 aromatic carbocycles. The molecule has 9 nitrogen and oxygen atoms in total. The van der Waals surface area contributed by atoms with Gasteiger partial charge in [0.25, 0.3) is 0 Å². The van der Waals surface area contributed by atoms with E-state index in [1.54, 1.807) is 29.4 Å². The molecule has 10 heteroatoms. The van der Waals surface area contributed by atoms with Crippen LogP contribution in [-0.4, -0.2) is 87.3 Å². The van der Waals surface area contributed by atoms with Crippen LogP contribution in [-0.2, 0) is 16.0 Å². The predicted octanol–water partition coefficient (Wildman–Crippen LogP) is 2.50. The van der Waals surface area contributed by atoms with Crippen molar-refractivity contribution in [3.8, 4) is 0 Å². The highest BCUT2D eigenvalue weighted by Gasteiger charge is 2.37. The zero-order valence-electron chi connectivity index (χ0n) is 19.7. The van der Waals surface area contributed by atoms with E-state index in [-0.39, 0.29) is 17.7 Å². The van der Waals surface area contributed by atoms with Crippen LogP contribution >= 0.6 is 11.3 Å². The molecule has 0 spiro atoms. The van der Waals surface area contributed by atoms with Crippen molar-refractivity contribution in [1.82, 2.24) is 29.7 Å². The number of piperidine rings is 1. The number of carbonyl (C=O) groups is 2. The van der Waals surface area contributed by atoms with Gasteiger partial charge in [0.2, 0.25) is 11.8 Å². The number of piperazine rings is 1. The molecule has 178 valence electrons. The number of anilines is 2. The first-order valence-corrected chi connectivity index (χ1v) is 12.6. The van der Waals surface area contributed by atoms with Crippen LogP contribution in [0.3, 0.4) is 0 Å². The number of likely N-dealkylation sites (N-methyl/N-ethyl adjacent to an activating group) is 1. The number of nitrogens with zero attached hydrogens (tertiary/aromatic N) is 6. The Morgan fingerprint density at radius 2 is 1.97 bits per heavy atom. The second-order valence-electron chi connectivity index (χ2n) is 8.90. The normalized spacial score (nSPS) is 20.2. The minimum atomic E-state index is -0.391. The fraction of sp³-hybridized carbons (Fsp3) is 0.609. The van der Waals surface area contributed by atoms with Gasteiger partial charge in [0.15, 0.2) is 5.13 Å². The molecular weight excluding hydrogens is 438 g/mol. The Labute approximate surface area is 199 Å². The van der Waals surface area contributed by atoms with Crippen LogP contribution in [0, 0.1) is 0 Å². The Kier molecular flexibility index (Phi) is 7.54. The fourth-order valence-electron chi connectivity index (χ4n) is 4.55. The first kappa shape index (κ1) is 23.6. The second kappa shape index (κ2) is 10.6. The summed E-state index contributed by atoms with van der Waals surface area (Å²) < 4.78 is 0. The van der Waals surface area contributed by atoms with Crippen molar-refractivity contribution < 1.29 is 9.59 Å². The molecule has 0 radical (unpaired) electrons. The van der Waals surface area contributed by atoms with E-state index in [1.165, 1.54) is 4.88 Å². The summed E-state index contributed by atoms with van der Waals surface area (Å²) in [5.74, 6) is 1.79. The van der Waals surface area contributed by atoms with Crippen LogP contribution in [0.2, 0.25) is 0 Å². The van der Waals surface area contributed by atoms with Gasteiger partial charge in [-0.1, -0.05) is 13.3 Å². The number of hydrogen-bond acceptors (Lipinski definition) is 8. The maximum Gasteiger partial charge on any atom is 0.246 e. The van der Waals surface area contributed by atoms with E-state index >= 15 is 0 Å². The highest BCUT2D eigenvalue weighted by molar-refractivity contribution is 7.15. The van der Waals surface area contributed by atoms with Crippen molar-refractivity contribution in [1.29, 1.82) is 0 Å². The molecule has 2 aromatic heterocycles. The minimum Gasteiger partial charge on any atom is -0.341 e. The topological polar surface area (TPSA) is 94.6 Å². The van der Waals surface area contributed by atoms with Gasteiger partial charge in [-0.2, -0.15) is 0 Å². The number of likely N-dealkylation sites (tertiary alicyclic amines) is 1. The highest BCUT2D eigenvalue weighted by Crippen LogP contribution is 2.28. The number of aryl methyl sites for hydroxylation is 1. The number of nitrogens with one attached hydrogen (secondary N) is 1. The van der Waals surface area contributed by atoms with E-state index in [2.05, 4.69) is 27.1 Å². The van der Waals surface area contributed by atoms with Gasteiger partial charge in [-0.25, -0.2) is 15.0 Å². The second-order valence-corrected chi connectivity index (χ2v) is 10.0. The van der Waals surface area contributed by atoms with E-state index in [0.717, 1.165) is 49.0 Å². The molecule has 2 aromatic rings. The molecule has 4 heterocycles. The third kappa shape index (κ3) is 5.67. The number of aromatic nitrogens is 3. The first-order chi connectivity index (χ1) is 15.9. The van der Waals surface area contributed by atoms with Crippen molar-refractivity contribution >= 4 is 34.1 Å². The summed E-state index contributed by atoms with van der Waals surface area (Å²) >= 11 is 1.65. The standard InChI is InChI=1S/C23H33N7O2S/c1-4-5-18-14-25-23(33-18)27-20-6-9-24-21(26-20)17-7-10-29(11-8-17)22(32)19-15-28(3)12-13-30(19)16(2)31/h6,9,14,17,19H,4-5,7-8,10-13,15H2,1-3H3,(H,24,25,26,27). The average molecular weight is 472 g/mol. The summed E-state index contributed by atoms with van der Waals surface area (Å²) in [6.07, 6.45) is 7.47. The molecule has 0 bridgehead atoms. The Balaban J connectivity index is 1.36. The van der Waals surface area contributed by atoms with Crippen molar-refractivity contribution in [3.05, 3.63) is 29.2 Å². The third-order valence-electron chi connectivity index (χ3n) is 6.40. The average Bonchev–Trinajstić information content (AvgIpc) is 3.25. The summed E-state index contributed by atoms with van der Waals surface area (Å²) in [6, 6.07) is 1.47. The minimum absolute atomic E-state index is 0.0314. The number of hydrogen-bond donors (Lipinski definition) is 1. The van der Waals surface area contributed by atoms with Crippen LogP contribution in [0.25, 0.3) is 0 Å². The maximum absolute atomic E-state index is 13.2. The third-order valence-corrected chi connectivity index (χ3v) is 7.38. The lowest BCUT2D eigenvalue weighted by Crippen LogP contribution is -2.60. The van der Waals surface area contributed by atoms with Gasteiger partial charge in [-0.3, -0.25) is 9.59 Å². The quantitative estimate of drug-likeness (QED) is 0.692. The zero-order valence-corrected chi connectivity index (χ0v) is 20.5. The zero-order chi connectivity index (χ0) is 23.4. The van der Waals surface area contributed by atoms with Crippen molar-refractivity contribution in [3.63, 3.8) is 0 Å². The lowest BCUT2D eigenvalue weighted by atomic mass is 9.95. The van der Waals surface area contributed by atoms with Gasteiger partial charge >= 0.3 is 0 Å². The number of amides is 2. The molecule has 2 aliphatic heterocycles. The fourth-order valence-corrected chi connectivity index (χ4v) is 5.47. The highest BCUT2D eigenvalue weighted by atomic mass is 32.1. The van der Waals surface area contributed by atoms with Crippen molar-refractivity contribution in [2.75, 3.05) is 45.1 Å². The molecule has 4 rings (SSSR count). The SMILES string of the molecule is CCCc1cnc(Nc2ccnc(C3CCN(C(=O)C4CN(C)CCN4C(C)=O)CC3)n2)s1. The maximum atomic E-state index is 13.2. The Morgan fingerprint density at radius 3 is 2.70 bits per heavy atom. The van der Waals surface area contributed by atoms with Gasteiger partial charge in [0, 0.05) is 62.8 Å². The smallest absolute Gasteiger partial charge is 0.246 e. The van der Waals surface area contributed by atoms with E-state index in [1.807, 2.05) is 24.2 Å². The molecule has 0 aliphatic carbocycles. The van der Waals surface area contributed by atoms with Crippen LogP contribution in [0.1, 0.15) is 49.7 Å². The van der Waals surface area contributed by atoms with Crippen molar-refractivity contribution in [2.45, 2.75) is 51.5 Å². The molecule has 2 amide bonds. The molecule has 33 heavy (non-hydrogen) atoms. The largest absolute Gasteiger partial charge is 0.341 e. The monoisotopic (exact) mass is 471 g/mol. The number of rotatable bonds is 6. The predicted molar refractivity (Wildman–Crippen MR) is 129 cm³/mol. The Morgan fingerprint density at radius 1 is 1.18 bits per heavy atom. The first-order valence-electron chi connectivity index (χ1n) is 11.7. The summed E-state index contributed by atoms with van der Waals surface area (Å²) in [4.78, 5) is 46.0. The van der Waals surface area contributed by atoms with Crippen LogP contribution in [0.15, 0.2) is 18.5 Å². The molecule has 1 N–H and O–H groups in total. The molecule has 0 saturated carbocycles. The van der Waals surface area contributed by atoms with Gasteiger partial charge in [0.1, 0.15) is 17.7 Å². The van der Waals surface area contributed by atoms with Gasteiger partial charge in [-0.05, 0) is 32.4 Å². The summed E-state index contributed by atoms with van der Waals surface area (Å²) in [5.41, 5.74) is 0. The van der Waals surface area contributed by atoms with Crippen LogP contribution < -0.4 is 5.32 Å². The van der Waals surface area contributed by atoms with Crippen molar-refractivity contribution in [2.24, 2.45) is 0 Å². The summed E-state index contributed by atoms with van der Waals surface area (Å²) in [6.45, 7) is 7.01. The lowest BCUT2D eigenvalue weighted by molar-refractivity contribution is -0.148. The van der Waals surface area contributed by atoms with Crippen LogP contribution in [0.5, 0.6) is 0 Å². The Bertz CT molecular complexity index is 973. The van der Waals surface area contributed by atoms with E-state index < -0.39 is 6.04 Å². The molecule has 2 aliphatic rings. The number of thiazole rings is 1. The van der Waals surface area contributed by atoms with E-state index in [9.17, 15) is 9.59 Å². The molecule has 2 saturated heterocycles. The van der Waals surface area contributed by atoms with Gasteiger partial charge in [0.05, 0.1) is 0 Å². The van der Waals surface area contributed by atoms with E-state index in [4.69, 9.17) is 4.98 Å². The van der Waals surface area contributed by atoms with Crippen LogP contribution in [0.4, 0.5) is 10.9 Å². The van der Waals surface area contributed by atoms with Gasteiger partial charge < -0.3 is 20.0 Å². The number of carbonyl (C=O) groups excluding carboxylic acids is 2. The Hall–Kier alpha value is -2.59. The molecule has 2 fully saturated rings. The molecule has 1 atom stereocenters. The lowest BCUT2D eigenvalue weighted by Gasteiger charge is -2.42. The van der Waals surface area contributed by atoms with E-state index in [0.29, 0.717) is 26.2 Å². The summed E-state index contributed by atoms with van der Waals surface area (Å²) in [7, 11) is 2.00.